The predicted octanol–water partition coefficient (Wildman–Crippen LogP) is 2.39. The molecular formula is C8H10INO. The molecule has 0 atom stereocenters. The van der Waals surface area contributed by atoms with E-state index in [4.69, 9.17) is 4.74 Å². The van der Waals surface area contributed by atoms with Gasteiger partial charge in [0.05, 0.1) is 6.61 Å². The third-order valence-electron chi connectivity index (χ3n) is 1.28. The Kier molecular flexibility index (Phi) is 3.11. The van der Waals surface area contributed by atoms with Crippen molar-refractivity contribution in [3.05, 3.63) is 21.4 Å². The number of nitrogens with zero attached hydrogens (tertiary/aromatic N) is 1. The highest BCUT2D eigenvalue weighted by molar-refractivity contribution is 14.1. The van der Waals surface area contributed by atoms with E-state index in [0.29, 0.717) is 6.61 Å². The molecule has 1 heterocycles. The van der Waals surface area contributed by atoms with E-state index in [1.807, 2.05) is 13.8 Å². The molecule has 0 aliphatic carbocycles. The van der Waals surface area contributed by atoms with Crippen LogP contribution in [0.3, 0.4) is 0 Å². The molecule has 0 radical (unpaired) electrons. The normalized spacial score (nSPS) is 9.73. The van der Waals surface area contributed by atoms with Crippen LogP contribution in [0, 0.1) is 10.5 Å². The standard InChI is InChI=1S/C8H10INO/c1-3-11-8-6(2)4-7(9)5-10-8/h4-5H,3H2,1-2H3. The van der Waals surface area contributed by atoms with Gasteiger partial charge in [-0.15, -0.1) is 0 Å². The molecule has 0 spiro atoms. The first-order chi connectivity index (χ1) is 5.24. The summed E-state index contributed by atoms with van der Waals surface area (Å²) in [6.07, 6.45) is 1.80. The number of pyridine rings is 1. The van der Waals surface area contributed by atoms with E-state index in [9.17, 15) is 0 Å². The van der Waals surface area contributed by atoms with E-state index in [-0.39, 0.29) is 0 Å². The predicted molar refractivity (Wildman–Crippen MR) is 52.9 cm³/mol. The van der Waals surface area contributed by atoms with Gasteiger partial charge >= 0.3 is 0 Å². The lowest BCUT2D eigenvalue weighted by Gasteiger charge is -2.04. The summed E-state index contributed by atoms with van der Waals surface area (Å²) in [5.74, 6) is 0.743. The van der Waals surface area contributed by atoms with Crippen LogP contribution >= 0.6 is 22.6 Å². The van der Waals surface area contributed by atoms with E-state index in [2.05, 4.69) is 33.6 Å². The maximum atomic E-state index is 5.28. The van der Waals surface area contributed by atoms with Gasteiger partial charge in [-0.05, 0) is 42.5 Å². The maximum Gasteiger partial charge on any atom is 0.216 e. The fourth-order valence-electron chi connectivity index (χ4n) is 0.816. The molecule has 0 amide bonds. The molecule has 60 valence electrons. The molecule has 3 heteroatoms. The smallest absolute Gasteiger partial charge is 0.216 e. The van der Waals surface area contributed by atoms with E-state index in [0.717, 1.165) is 15.0 Å². The van der Waals surface area contributed by atoms with Gasteiger partial charge in [-0.25, -0.2) is 4.98 Å². The number of hydrogen-bond acceptors (Lipinski definition) is 2. The summed E-state index contributed by atoms with van der Waals surface area (Å²) in [7, 11) is 0. The van der Waals surface area contributed by atoms with Gasteiger partial charge in [0.1, 0.15) is 0 Å². The van der Waals surface area contributed by atoms with Crippen molar-refractivity contribution in [3.8, 4) is 5.88 Å². The van der Waals surface area contributed by atoms with Crippen molar-refractivity contribution >= 4 is 22.6 Å². The van der Waals surface area contributed by atoms with Gasteiger partial charge in [-0.2, -0.15) is 0 Å². The summed E-state index contributed by atoms with van der Waals surface area (Å²) in [5, 5.41) is 0. The lowest BCUT2D eigenvalue weighted by molar-refractivity contribution is 0.324. The molecule has 0 unspecified atom stereocenters. The topological polar surface area (TPSA) is 22.1 Å². The van der Waals surface area contributed by atoms with Crippen molar-refractivity contribution in [1.82, 2.24) is 4.98 Å². The van der Waals surface area contributed by atoms with Gasteiger partial charge < -0.3 is 4.74 Å². The molecular weight excluding hydrogens is 253 g/mol. The van der Waals surface area contributed by atoms with Crippen molar-refractivity contribution in [3.63, 3.8) is 0 Å². The summed E-state index contributed by atoms with van der Waals surface area (Å²) in [6.45, 7) is 4.63. The summed E-state index contributed by atoms with van der Waals surface area (Å²) >= 11 is 2.23. The fourth-order valence-corrected chi connectivity index (χ4v) is 1.42. The summed E-state index contributed by atoms with van der Waals surface area (Å²) in [6, 6.07) is 2.05. The molecule has 1 rings (SSSR count). The molecule has 11 heavy (non-hydrogen) atoms. The number of aromatic nitrogens is 1. The van der Waals surface area contributed by atoms with Crippen LogP contribution in [0.15, 0.2) is 12.3 Å². The van der Waals surface area contributed by atoms with Gasteiger partial charge in [0.2, 0.25) is 5.88 Å². The first-order valence-electron chi connectivity index (χ1n) is 3.49. The van der Waals surface area contributed by atoms with E-state index < -0.39 is 0 Å². The summed E-state index contributed by atoms with van der Waals surface area (Å²) < 4.78 is 6.42. The van der Waals surface area contributed by atoms with Gasteiger partial charge in [0.15, 0.2) is 0 Å². The molecule has 0 N–H and O–H groups in total. The van der Waals surface area contributed by atoms with Gasteiger partial charge in [0.25, 0.3) is 0 Å². The molecule has 2 nitrogen and oxygen atoms in total. The van der Waals surface area contributed by atoms with Crippen LogP contribution in [0.1, 0.15) is 12.5 Å². The van der Waals surface area contributed by atoms with Crippen molar-refractivity contribution in [2.75, 3.05) is 6.61 Å². The highest BCUT2D eigenvalue weighted by atomic mass is 127. The van der Waals surface area contributed by atoms with E-state index in [1.165, 1.54) is 0 Å². The Morgan fingerprint density at radius 2 is 2.36 bits per heavy atom. The van der Waals surface area contributed by atoms with Crippen LogP contribution in [0.5, 0.6) is 5.88 Å². The minimum atomic E-state index is 0.675. The first kappa shape index (κ1) is 8.77. The fraction of sp³-hybridized carbons (Fsp3) is 0.375. The monoisotopic (exact) mass is 263 g/mol. The molecule has 0 fully saturated rings. The lowest BCUT2D eigenvalue weighted by Crippen LogP contribution is -1.96. The Morgan fingerprint density at radius 1 is 1.64 bits per heavy atom. The van der Waals surface area contributed by atoms with Crippen LogP contribution in [0.25, 0.3) is 0 Å². The minimum absolute atomic E-state index is 0.675. The number of halogens is 1. The van der Waals surface area contributed by atoms with Gasteiger partial charge in [-0.1, -0.05) is 0 Å². The largest absolute Gasteiger partial charge is 0.478 e. The number of hydrogen-bond donors (Lipinski definition) is 0. The summed E-state index contributed by atoms with van der Waals surface area (Å²) in [5.41, 5.74) is 1.10. The third-order valence-corrected chi connectivity index (χ3v) is 1.87. The highest BCUT2D eigenvalue weighted by Gasteiger charge is 1.99. The van der Waals surface area contributed by atoms with Crippen molar-refractivity contribution < 1.29 is 4.74 Å². The molecule has 0 saturated carbocycles. The highest BCUT2D eigenvalue weighted by Crippen LogP contribution is 2.15. The number of rotatable bonds is 2. The van der Waals surface area contributed by atoms with Crippen LogP contribution in [-0.2, 0) is 0 Å². The zero-order valence-corrected chi connectivity index (χ0v) is 8.75. The van der Waals surface area contributed by atoms with E-state index >= 15 is 0 Å². The quantitative estimate of drug-likeness (QED) is 0.764. The zero-order valence-electron chi connectivity index (χ0n) is 6.60. The average molecular weight is 263 g/mol. The second kappa shape index (κ2) is 3.90. The first-order valence-corrected chi connectivity index (χ1v) is 4.57. The SMILES string of the molecule is CCOc1ncc(I)cc1C. The molecule has 0 aromatic carbocycles. The molecule has 0 bridgehead atoms. The van der Waals surface area contributed by atoms with Crippen molar-refractivity contribution in [2.45, 2.75) is 13.8 Å². The Balaban J connectivity index is 2.90. The average Bonchev–Trinajstić information content (AvgIpc) is 1.95. The van der Waals surface area contributed by atoms with Crippen LogP contribution in [-0.4, -0.2) is 11.6 Å². The lowest BCUT2D eigenvalue weighted by atomic mass is 10.3. The zero-order chi connectivity index (χ0) is 8.27. The second-order valence-electron chi connectivity index (χ2n) is 2.21. The Labute approximate surface area is 80.1 Å². The summed E-state index contributed by atoms with van der Waals surface area (Å²) in [4.78, 5) is 4.14. The van der Waals surface area contributed by atoms with Crippen LogP contribution in [0.2, 0.25) is 0 Å². The number of ether oxygens (including phenoxy) is 1. The van der Waals surface area contributed by atoms with Crippen molar-refractivity contribution in [2.24, 2.45) is 0 Å². The Morgan fingerprint density at radius 3 is 2.91 bits per heavy atom. The minimum Gasteiger partial charge on any atom is -0.478 e. The molecule has 1 aromatic heterocycles. The van der Waals surface area contributed by atoms with Crippen LogP contribution in [0.4, 0.5) is 0 Å². The van der Waals surface area contributed by atoms with Crippen molar-refractivity contribution in [1.29, 1.82) is 0 Å². The molecule has 0 saturated heterocycles. The maximum absolute atomic E-state index is 5.28. The molecule has 1 aromatic rings. The molecule has 0 aliphatic rings. The number of aryl methyl sites for hydroxylation is 1. The Hall–Kier alpha value is -0.320. The van der Waals surface area contributed by atoms with Gasteiger partial charge in [0, 0.05) is 15.3 Å². The second-order valence-corrected chi connectivity index (χ2v) is 3.45. The van der Waals surface area contributed by atoms with Gasteiger partial charge in [-0.3, -0.25) is 0 Å². The third kappa shape index (κ3) is 2.32. The van der Waals surface area contributed by atoms with Crippen LogP contribution < -0.4 is 4.74 Å². The Bertz CT molecular complexity index is 250. The van der Waals surface area contributed by atoms with E-state index in [1.54, 1.807) is 6.20 Å². The molecule has 0 aliphatic heterocycles.